The molecule has 0 N–H and O–H groups in total. The summed E-state index contributed by atoms with van der Waals surface area (Å²) in [5.74, 6) is -0.573. The Morgan fingerprint density at radius 3 is 2.57 bits per heavy atom. The number of allylic oxidation sites excluding steroid dienone is 7. The third-order valence-electron chi connectivity index (χ3n) is 7.20. The zero-order chi connectivity index (χ0) is 19.6. The van der Waals surface area contributed by atoms with Crippen LogP contribution in [0.4, 0.5) is 0 Å². The average molecular weight is 398 g/mol. The van der Waals surface area contributed by atoms with Gasteiger partial charge in [-0.1, -0.05) is 30.4 Å². The molecule has 0 amide bonds. The molecule has 8 rings (SSSR count). The van der Waals surface area contributed by atoms with Crippen LogP contribution >= 0.6 is 0 Å². The van der Waals surface area contributed by atoms with E-state index in [-0.39, 0.29) is 0 Å². The van der Waals surface area contributed by atoms with Gasteiger partial charge in [-0.15, -0.1) is 0 Å². The first-order valence-electron chi connectivity index (χ1n) is 10.4. The average Bonchev–Trinajstić information content (AvgIpc) is 2.99. The van der Waals surface area contributed by atoms with Crippen LogP contribution in [0.15, 0.2) is 107 Å². The van der Waals surface area contributed by atoms with Crippen LogP contribution in [0.2, 0.25) is 0 Å². The van der Waals surface area contributed by atoms with Gasteiger partial charge < -0.3 is 23.7 Å². The van der Waals surface area contributed by atoms with E-state index in [0.29, 0.717) is 19.6 Å². The summed E-state index contributed by atoms with van der Waals surface area (Å²) in [5, 5.41) is 0. The highest BCUT2D eigenvalue weighted by Gasteiger charge is 2.76. The molecule has 4 spiro atoms. The number of epoxide rings is 1. The number of ether oxygens (including phenoxy) is 5. The molecule has 4 aliphatic heterocycles. The van der Waals surface area contributed by atoms with Crippen LogP contribution in [0.5, 0.6) is 0 Å². The minimum absolute atomic E-state index is 0.472. The summed E-state index contributed by atoms with van der Waals surface area (Å²) in [5.41, 5.74) is 4.86. The first-order chi connectivity index (χ1) is 14.7. The monoisotopic (exact) mass is 398 g/mol. The van der Waals surface area contributed by atoms with E-state index >= 15 is 0 Å². The van der Waals surface area contributed by atoms with E-state index < -0.39 is 22.8 Å². The van der Waals surface area contributed by atoms with Gasteiger partial charge in [0.25, 0.3) is 5.79 Å². The second-order valence-corrected chi connectivity index (χ2v) is 8.72. The summed E-state index contributed by atoms with van der Waals surface area (Å²) in [7, 11) is 0. The van der Waals surface area contributed by atoms with Crippen LogP contribution in [0.3, 0.4) is 0 Å². The molecule has 5 nitrogen and oxygen atoms in total. The Bertz CT molecular complexity index is 1210. The highest BCUT2D eigenvalue weighted by molar-refractivity contribution is 5.76. The largest absolute Gasteiger partial charge is 0.456 e. The van der Waals surface area contributed by atoms with Crippen molar-refractivity contribution < 1.29 is 23.7 Å². The SMILES string of the molecule is C1=COC2(C=C1)CC1=C3C=CC4=C5C=CC6(C=C5C=CC45OC35C=C1O2)OCCO6. The third-order valence-corrected chi connectivity index (χ3v) is 7.20. The Hall–Kier alpha value is -2.86. The molecular weight excluding hydrogens is 380 g/mol. The summed E-state index contributed by atoms with van der Waals surface area (Å²) in [6.07, 6.45) is 25.2. The van der Waals surface area contributed by atoms with Crippen LogP contribution in [0.1, 0.15) is 6.42 Å². The van der Waals surface area contributed by atoms with Gasteiger partial charge >= 0.3 is 0 Å². The summed E-state index contributed by atoms with van der Waals surface area (Å²) < 4.78 is 30.3. The molecule has 0 radical (unpaired) electrons. The van der Waals surface area contributed by atoms with Crippen molar-refractivity contribution in [2.75, 3.05) is 13.2 Å². The molecule has 3 unspecified atom stereocenters. The van der Waals surface area contributed by atoms with E-state index in [1.807, 2.05) is 24.3 Å². The number of rotatable bonds is 0. The smallest absolute Gasteiger partial charge is 0.274 e. The zero-order valence-electron chi connectivity index (χ0n) is 16.1. The number of fused-ring (bicyclic) bond motifs is 2. The quantitative estimate of drug-likeness (QED) is 0.584. The van der Waals surface area contributed by atoms with Crippen LogP contribution < -0.4 is 0 Å². The first-order valence-corrected chi connectivity index (χ1v) is 10.4. The highest BCUT2D eigenvalue weighted by atomic mass is 16.7. The molecule has 0 bridgehead atoms. The van der Waals surface area contributed by atoms with E-state index in [1.165, 1.54) is 16.7 Å². The van der Waals surface area contributed by atoms with E-state index in [1.54, 1.807) is 6.26 Å². The van der Waals surface area contributed by atoms with Crippen LogP contribution in [0, 0.1) is 0 Å². The lowest BCUT2D eigenvalue weighted by Crippen LogP contribution is -2.33. The fourth-order valence-corrected chi connectivity index (χ4v) is 5.83. The maximum absolute atomic E-state index is 6.54. The standard InChI is InChI=1S/C25H18O5/c1-2-10-26-23(7-1)14-18-20-4-3-19-17-6-8-22(27-11-12-28-22)13-16(17)5-9-24(19)25(20,30-24)15-21(18)29-23/h1-10,13,15H,11-12,14H2. The second-order valence-electron chi connectivity index (χ2n) is 8.72. The molecule has 3 atom stereocenters. The minimum Gasteiger partial charge on any atom is -0.456 e. The van der Waals surface area contributed by atoms with E-state index in [0.717, 1.165) is 16.9 Å². The van der Waals surface area contributed by atoms with E-state index in [9.17, 15) is 0 Å². The van der Waals surface area contributed by atoms with Gasteiger partial charge in [-0.05, 0) is 58.7 Å². The summed E-state index contributed by atoms with van der Waals surface area (Å²) in [6.45, 7) is 1.22. The predicted octanol–water partition coefficient (Wildman–Crippen LogP) is 3.58. The van der Waals surface area contributed by atoms with Crippen LogP contribution in [-0.2, 0) is 23.7 Å². The molecular formula is C25H18O5. The van der Waals surface area contributed by atoms with Crippen LogP contribution in [-0.4, -0.2) is 36.0 Å². The first kappa shape index (κ1) is 15.9. The van der Waals surface area contributed by atoms with Gasteiger partial charge in [-0.25, -0.2) is 0 Å². The second kappa shape index (κ2) is 4.72. The van der Waals surface area contributed by atoms with Gasteiger partial charge in [-0.3, -0.25) is 0 Å². The summed E-state index contributed by atoms with van der Waals surface area (Å²) in [6, 6.07) is 0. The fourth-order valence-electron chi connectivity index (χ4n) is 5.83. The van der Waals surface area contributed by atoms with Crippen molar-refractivity contribution in [3.05, 3.63) is 107 Å². The maximum atomic E-state index is 6.54. The molecule has 148 valence electrons. The van der Waals surface area contributed by atoms with Gasteiger partial charge in [0.15, 0.2) is 11.2 Å². The van der Waals surface area contributed by atoms with Crippen molar-refractivity contribution in [1.29, 1.82) is 0 Å². The van der Waals surface area contributed by atoms with Crippen molar-refractivity contribution in [1.82, 2.24) is 0 Å². The molecule has 0 aromatic rings. The fraction of sp³-hybridized carbons (Fsp3) is 0.280. The molecule has 0 aromatic carbocycles. The van der Waals surface area contributed by atoms with E-state index in [4.69, 9.17) is 23.7 Å². The Labute approximate surface area is 173 Å². The van der Waals surface area contributed by atoms with Gasteiger partial charge in [-0.2, -0.15) is 0 Å². The normalized spacial score (nSPS) is 41.9. The van der Waals surface area contributed by atoms with Crippen molar-refractivity contribution in [2.24, 2.45) is 0 Å². The van der Waals surface area contributed by atoms with E-state index in [2.05, 4.69) is 42.5 Å². The molecule has 3 fully saturated rings. The van der Waals surface area contributed by atoms with Crippen molar-refractivity contribution in [3.8, 4) is 0 Å². The summed E-state index contributed by atoms with van der Waals surface area (Å²) >= 11 is 0. The third kappa shape index (κ3) is 1.65. The number of hydrogen-bond acceptors (Lipinski definition) is 5. The summed E-state index contributed by atoms with van der Waals surface area (Å²) in [4.78, 5) is 0. The minimum atomic E-state index is -0.724. The molecule has 0 saturated carbocycles. The van der Waals surface area contributed by atoms with Gasteiger partial charge in [0.1, 0.15) is 5.76 Å². The van der Waals surface area contributed by atoms with Gasteiger partial charge in [0.2, 0.25) is 5.79 Å². The predicted molar refractivity (Wildman–Crippen MR) is 107 cm³/mol. The van der Waals surface area contributed by atoms with Crippen molar-refractivity contribution >= 4 is 0 Å². The lowest BCUT2D eigenvalue weighted by Gasteiger charge is -2.31. The lowest BCUT2D eigenvalue weighted by molar-refractivity contribution is -0.121. The molecule has 4 heterocycles. The molecule has 3 saturated heterocycles. The van der Waals surface area contributed by atoms with Crippen molar-refractivity contribution in [3.63, 3.8) is 0 Å². The Morgan fingerprint density at radius 2 is 1.70 bits per heavy atom. The zero-order valence-corrected chi connectivity index (χ0v) is 16.1. The van der Waals surface area contributed by atoms with Gasteiger partial charge in [0, 0.05) is 5.57 Å². The highest BCUT2D eigenvalue weighted by Crippen LogP contribution is 2.69. The van der Waals surface area contributed by atoms with Crippen LogP contribution in [0.25, 0.3) is 0 Å². The Kier molecular flexibility index (Phi) is 2.51. The molecule has 8 aliphatic rings. The molecule has 30 heavy (non-hydrogen) atoms. The topological polar surface area (TPSA) is 49.5 Å². The molecule has 5 heteroatoms. The van der Waals surface area contributed by atoms with Crippen molar-refractivity contribution in [2.45, 2.75) is 29.2 Å². The molecule has 0 aromatic heterocycles. The number of hydrogen-bond donors (Lipinski definition) is 0. The van der Waals surface area contributed by atoms with Gasteiger partial charge in [0.05, 0.1) is 25.9 Å². The Balaban J connectivity index is 1.24. The lowest BCUT2D eigenvalue weighted by atomic mass is 9.71. The molecule has 4 aliphatic carbocycles. The Morgan fingerprint density at radius 1 is 0.800 bits per heavy atom. The maximum Gasteiger partial charge on any atom is 0.274 e.